The third-order valence-electron chi connectivity index (χ3n) is 3.75. The van der Waals surface area contributed by atoms with Gasteiger partial charge in [-0.15, -0.1) is 0 Å². The summed E-state index contributed by atoms with van der Waals surface area (Å²) in [6.07, 6.45) is 2.66. The summed E-state index contributed by atoms with van der Waals surface area (Å²) in [5.41, 5.74) is 0. The standard InChI is InChI=1S/C15H21N7O2/c1-21(2)14-19-13(24-20-14)9-17-15(23)18-11-6-8-22(10-11)12-5-3-4-7-16-12/h3-5,7,11H,6,8-10H2,1-2H3,(H2,17,18,23)/t11-/m0/s1. The van der Waals surface area contributed by atoms with Gasteiger partial charge in [-0.05, 0) is 23.7 Å². The van der Waals surface area contributed by atoms with Gasteiger partial charge in [0.05, 0.1) is 6.54 Å². The zero-order valence-electron chi connectivity index (χ0n) is 13.8. The number of nitrogens with zero attached hydrogens (tertiary/aromatic N) is 5. The fourth-order valence-corrected chi connectivity index (χ4v) is 2.52. The lowest BCUT2D eigenvalue weighted by molar-refractivity contribution is 0.235. The van der Waals surface area contributed by atoms with Gasteiger partial charge in [0.25, 0.3) is 5.95 Å². The van der Waals surface area contributed by atoms with Crippen LogP contribution in [0.15, 0.2) is 28.9 Å². The summed E-state index contributed by atoms with van der Waals surface area (Å²) in [5, 5.41) is 9.49. The largest absolute Gasteiger partial charge is 0.354 e. The summed E-state index contributed by atoms with van der Waals surface area (Å²) in [7, 11) is 3.64. The van der Waals surface area contributed by atoms with E-state index in [2.05, 4.69) is 30.7 Å². The summed E-state index contributed by atoms with van der Waals surface area (Å²) in [5.74, 6) is 1.79. The van der Waals surface area contributed by atoms with Crippen LogP contribution in [0.2, 0.25) is 0 Å². The maximum Gasteiger partial charge on any atom is 0.315 e. The van der Waals surface area contributed by atoms with E-state index in [0.29, 0.717) is 11.8 Å². The summed E-state index contributed by atoms with van der Waals surface area (Å²) in [6.45, 7) is 1.82. The van der Waals surface area contributed by atoms with Gasteiger partial charge in [0, 0.05) is 39.4 Å². The molecular formula is C15H21N7O2. The second-order valence-electron chi connectivity index (χ2n) is 5.83. The highest BCUT2D eigenvalue weighted by molar-refractivity contribution is 5.74. The van der Waals surface area contributed by atoms with Crippen LogP contribution in [0.5, 0.6) is 0 Å². The average Bonchev–Trinajstić information content (AvgIpc) is 3.23. The van der Waals surface area contributed by atoms with Crippen LogP contribution in [0.3, 0.4) is 0 Å². The van der Waals surface area contributed by atoms with Crippen molar-refractivity contribution in [3.63, 3.8) is 0 Å². The van der Waals surface area contributed by atoms with E-state index in [1.807, 2.05) is 32.3 Å². The predicted molar refractivity (Wildman–Crippen MR) is 88.9 cm³/mol. The number of amides is 2. The van der Waals surface area contributed by atoms with E-state index in [1.54, 1.807) is 11.1 Å². The molecule has 0 bridgehead atoms. The van der Waals surface area contributed by atoms with Gasteiger partial charge in [0.15, 0.2) is 0 Å². The van der Waals surface area contributed by atoms with Crippen LogP contribution in [0.1, 0.15) is 12.3 Å². The predicted octanol–water partition coefficient (Wildman–Crippen LogP) is 0.609. The molecule has 1 atom stereocenters. The lowest BCUT2D eigenvalue weighted by Gasteiger charge is -2.17. The lowest BCUT2D eigenvalue weighted by Crippen LogP contribution is -2.43. The number of aromatic nitrogens is 3. The molecular weight excluding hydrogens is 310 g/mol. The fourth-order valence-electron chi connectivity index (χ4n) is 2.52. The minimum atomic E-state index is -0.243. The van der Waals surface area contributed by atoms with Gasteiger partial charge >= 0.3 is 6.03 Å². The summed E-state index contributed by atoms with van der Waals surface area (Å²) in [6, 6.07) is 5.67. The van der Waals surface area contributed by atoms with Crippen molar-refractivity contribution in [1.29, 1.82) is 0 Å². The molecule has 1 aliphatic rings. The van der Waals surface area contributed by atoms with Gasteiger partial charge in [0.1, 0.15) is 5.82 Å². The van der Waals surface area contributed by atoms with E-state index < -0.39 is 0 Å². The van der Waals surface area contributed by atoms with Crippen molar-refractivity contribution in [2.75, 3.05) is 37.0 Å². The number of anilines is 2. The first-order chi connectivity index (χ1) is 11.6. The highest BCUT2D eigenvalue weighted by atomic mass is 16.5. The van der Waals surface area contributed by atoms with Crippen molar-refractivity contribution in [1.82, 2.24) is 25.8 Å². The fraction of sp³-hybridized carbons (Fsp3) is 0.467. The van der Waals surface area contributed by atoms with Crippen LogP contribution in [-0.2, 0) is 6.54 Å². The molecule has 0 saturated carbocycles. The number of hydrogen-bond donors (Lipinski definition) is 2. The van der Waals surface area contributed by atoms with Crippen molar-refractivity contribution in [3.05, 3.63) is 30.3 Å². The normalized spacial score (nSPS) is 16.9. The van der Waals surface area contributed by atoms with Gasteiger partial charge in [-0.3, -0.25) is 0 Å². The molecule has 1 saturated heterocycles. The van der Waals surface area contributed by atoms with E-state index in [1.165, 1.54) is 0 Å². The molecule has 3 rings (SSSR count). The van der Waals surface area contributed by atoms with Gasteiger partial charge in [0.2, 0.25) is 5.89 Å². The van der Waals surface area contributed by atoms with Gasteiger partial charge < -0.3 is 25.0 Å². The van der Waals surface area contributed by atoms with E-state index in [9.17, 15) is 4.79 Å². The number of rotatable bonds is 5. The van der Waals surface area contributed by atoms with Crippen LogP contribution in [0.25, 0.3) is 0 Å². The molecule has 2 aromatic heterocycles. The van der Waals surface area contributed by atoms with Crippen molar-refractivity contribution in [3.8, 4) is 0 Å². The molecule has 9 nitrogen and oxygen atoms in total. The number of pyridine rings is 1. The summed E-state index contributed by atoms with van der Waals surface area (Å²) >= 11 is 0. The minimum Gasteiger partial charge on any atom is -0.354 e. The number of carbonyl (C=O) groups excluding carboxylic acids is 1. The number of carbonyl (C=O) groups is 1. The van der Waals surface area contributed by atoms with Crippen LogP contribution >= 0.6 is 0 Å². The average molecular weight is 331 g/mol. The molecule has 128 valence electrons. The third kappa shape index (κ3) is 3.92. The zero-order chi connectivity index (χ0) is 16.9. The second-order valence-corrected chi connectivity index (χ2v) is 5.83. The Morgan fingerprint density at radius 1 is 1.46 bits per heavy atom. The first-order valence-corrected chi connectivity index (χ1v) is 7.82. The van der Waals surface area contributed by atoms with Gasteiger partial charge in [-0.25, -0.2) is 9.78 Å². The molecule has 2 amide bonds. The van der Waals surface area contributed by atoms with Crippen LogP contribution in [-0.4, -0.2) is 54.4 Å². The molecule has 1 aliphatic heterocycles. The van der Waals surface area contributed by atoms with E-state index >= 15 is 0 Å². The second kappa shape index (κ2) is 7.16. The number of nitrogens with one attached hydrogen (secondary N) is 2. The molecule has 0 unspecified atom stereocenters. The monoisotopic (exact) mass is 331 g/mol. The van der Waals surface area contributed by atoms with Crippen LogP contribution in [0.4, 0.5) is 16.6 Å². The Labute approximate surface area is 140 Å². The van der Waals surface area contributed by atoms with Crippen molar-refractivity contribution in [2.24, 2.45) is 0 Å². The molecule has 0 radical (unpaired) electrons. The van der Waals surface area contributed by atoms with Crippen LogP contribution in [0, 0.1) is 0 Å². The van der Waals surface area contributed by atoms with Crippen molar-refractivity contribution >= 4 is 17.8 Å². The quantitative estimate of drug-likeness (QED) is 0.828. The molecule has 1 fully saturated rings. The Hall–Kier alpha value is -2.84. The maximum absolute atomic E-state index is 12.0. The molecule has 2 aromatic rings. The molecule has 9 heteroatoms. The molecule has 0 spiro atoms. The molecule has 0 aliphatic carbocycles. The topological polar surface area (TPSA) is 99.4 Å². The Kier molecular flexibility index (Phi) is 4.78. The highest BCUT2D eigenvalue weighted by Gasteiger charge is 2.24. The SMILES string of the molecule is CN(C)c1noc(CNC(=O)N[C@H]2CCN(c3ccccn3)C2)n1. The summed E-state index contributed by atoms with van der Waals surface area (Å²) in [4.78, 5) is 24.4. The lowest BCUT2D eigenvalue weighted by atomic mass is 10.3. The van der Waals surface area contributed by atoms with Gasteiger partial charge in [-0.1, -0.05) is 6.07 Å². The molecule has 0 aromatic carbocycles. The summed E-state index contributed by atoms with van der Waals surface area (Å²) < 4.78 is 5.06. The Morgan fingerprint density at radius 2 is 2.33 bits per heavy atom. The highest BCUT2D eigenvalue weighted by Crippen LogP contribution is 2.17. The first kappa shape index (κ1) is 16.0. The third-order valence-corrected chi connectivity index (χ3v) is 3.75. The van der Waals surface area contributed by atoms with Gasteiger partial charge in [-0.2, -0.15) is 4.98 Å². The van der Waals surface area contributed by atoms with E-state index in [4.69, 9.17) is 4.52 Å². The molecule has 24 heavy (non-hydrogen) atoms. The molecule has 2 N–H and O–H groups in total. The van der Waals surface area contributed by atoms with Crippen LogP contribution < -0.4 is 20.4 Å². The first-order valence-electron chi connectivity index (χ1n) is 7.82. The Bertz CT molecular complexity index is 673. The number of hydrogen-bond acceptors (Lipinski definition) is 7. The minimum absolute atomic E-state index is 0.0898. The number of urea groups is 1. The van der Waals surface area contributed by atoms with E-state index in [0.717, 1.165) is 25.3 Å². The van der Waals surface area contributed by atoms with E-state index in [-0.39, 0.29) is 18.6 Å². The zero-order valence-corrected chi connectivity index (χ0v) is 13.8. The molecule has 3 heterocycles. The Balaban J connectivity index is 1.44. The smallest absolute Gasteiger partial charge is 0.315 e. The maximum atomic E-state index is 12.0. The Morgan fingerprint density at radius 3 is 3.04 bits per heavy atom. The van der Waals surface area contributed by atoms with Crippen molar-refractivity contribution in [2.45, 2.75) is 19.0 Å². The van der Waals surface area contributed by atoms with Crippen molar-refractivity contribution < 1.29 is 9.32 Å².